The molecule has 7 heteroatoms. The first-order valence-electron chi connectivity index (χ1n) is 10.1. The van der Waals surface area contributed by atoms with E-state index in [4.69, 9.17) is 0 Å². The van der Waals surface area contributed by atoms with Crippen LogP contribution in [0.25, 0.3) is 0 Å². The average Bonchev–Trinajstić information content (AvgIpc) is 2.72. The molecule has 1 aromatic carbocycles. The van der Waals surface area contributed by atoms with E-state index < -0.39 is 0 Å². The molecule has 0 bridgehead atoms. The lowest BCUT2D eigenvalue weighted by Gasteiger charge is -2.33. The molecule has 0 spiro atoms. The Labute approximate surface area is 172 Å². The highest BCUT2D eigenvalue weighted by molar-refractivity contribution is 5.79. The van der Waals surface area contributed by atoms with Crippen molar-refractivity contribution in [1.82, 2.24) is 20.5 Å². The van der Waals surface area contributed by atoms with Crippen LogP contribution < -0.4 is 15.5 Å². The summed E-state index contributed by atoms with van der Waals surface area (Å²) in [4.78, 5) is 13.5. The van der Waals surface area contributed by atoms with Crippen molar-refractivity contribution in [3.63, 3.8) is 0 Å². The number of rotatable bonds is 6. The molecule has 0 unspecified atom stereocenters. The molecule has 3 rings (SSSR count). The fourth-order valence-electron chi connectivity index (χ4n) is 3.44. The highest BCUT2D eigenvalue weighted by Gasteiger charge is 2.15. The second kappa shape index (κ2) is 10.2. The molecule has 29 heavy (non-hydrogen) atoms. The Balaban J connectivity index is 1.48. The molecule has 1 saturated heterocycles. The standard InChI is InChI=1S/C22H31FN6/c1-17-14-20(23)5-4-19(17)7-9-26-22(24-2)27-16-18-6-8-25-21(15-18)29-12-10-28(3)11-13-29/h4-6,8,14-15H,7,9-13,16H2,1-3H3,(H2,24,26,27). The van der Waals surface area contributed by atoms with Gasteiger partial charge in [0.15, 0.2) is 5.96 Å². The van der Waals surface area contributed by atoms with Crippen LogP contribution in [0.1, 0.15) is 16.7 Å². The number of aryl methyl sites for hydroxylation is 1. The van der Waals surface area contributed by atoms with Gasteiger partial charge in [0, 0.05) is 52.5 Å². The molecular weight excluding hydrogens is 367 g/mol. The molecule has 0 saturated carbocycles. The van der Waals surface area contributed by atoms with Crippen LogP contribution >= 0.6 is 0 Å². The van der Waals surface area contributed by atoms with Crippen molar-refractivity contribution >= 4 is 11.8 Å². The van der Waals surface area contributed by atoms with Gasteiger partial charge in [0.05, 0.1) is 0 Å². The fourth-order valence-corrected chi connectivity index (χ4v) is 3.44. The number of piperazine rings is 1. The van der Waals surface area contributed by atoms with Crippen molar-refractivity contribution in [3.05, 3.63) is 59.0 Å². The number of guanidine groups is 1. The van der Waals surface area contributed by atoms with Crippen molar-refractivity contribution in [1.29, 1.82) is 0 Å². The summed E-state index contributed by atoms with van der Waals surface area (Å²) < 4.78 is 13.2. The summed E-state index contributed by atoms with van der Waals surface area (Å²) in [5.41, 5.74) is 3.29. The molecular formula is C22H31FN6. The Kier molecular flexibility index (Phi) is 7.41. The lowest BCUT2D eigenvalue weighted by Crippen LogP contribution is -2.44. The van der Waals surface area contributed by atoms with Crippen LogP contribution in [0.15, 0.2) is 41.5 Å². The minimum atomic E-state index is -0.190. The van der Waals surface area contributed by atoms with Gasteiger partial charge < -0.3 is 20.4 Å². The van der Waals surface area contributed by atoms with Gasteiger partial charge >= 0.3 is 0 Å². The first-order valence-corrected chi connectivity index (χ1v) is 10.1. The minimum absolute atomic E-state index is 0.190. The van der Waals surface area contributed by atoms with Crippen LogP contribution in [-0.4, -0.2) is 62.7 Å². The van der Waals surface area contributed by atoms with Crippen LogP contribution in [0.3, 0.4) is 0 Å². The summed E-state index contributed by atoms with van der Waals surface area (Å²) in [6.45, 7) is 7.49. The Hall–Kier alpha value is -2.67. The number of hydrogen-bond acceptors (Lipinski definition) is 4. The van der Waals surface area contributed by atoms with E-state index in [1.54, 1.807) is 13.1 Å². The summed E-state index contributed by atoms with van der Waals surface area (Å²) in [6, 6.07) is 9.11. The second-order valence-corrected chi connectivity index (χ2v) is 7.49. The van der Waals surface area contributed by atoms with E-state index in [0.29, 0.717) is 6.54 Å². The van der Waals surface area contributed by atoms with Crippen molar-refractivity contribution in [2.45, 2.75) is 19.9 Å². The Morgan fingerprint density at radius 2 is 1.93 bits per heavy atom. The van der Waals surface area contributed by atoms with Gasteiger partial charge in [0.1, 0.15) is 11.6 Å². The number of hydrogen-bond donors (Lipinski definition) is 2. The van der Waals surface area contributed by atoms with E-state index in [1.807, 2.05) is 25.3 Å². The summed E-state index contributed by atoms with van der Waals surface area (Å²) in [7, 11) is 3.92. The number of likely N-dealkylation sites (N-methyl/N-ethyl adjacent to an activating group) is 1. The number of anilines is 1. The van der Waals surface area contributed by atoms with Gasteiger partial charge in [-0.15, -0.1) is 0 Å². The normalized spacial score (nSPS) is 15.4. The number of nitrogens with zero attached hydrogens (tertiary/aromatic N) is 4. The number of aliphatic imine (C=N–C) groups is 1. The lowest BCUT2D eigenvalue weighted by molar-refractivity contribution is 0.312. The third-order valence-electron chi connectivity index (χ3n) is 5.31. The fraction of sp³-hybridized carbons (Fsp3) is 0.455. The number of aromatic nitrogens is 1. The quantitative estimate of drug-likeness (QED) is 0.577. The van der Waals surface area contributed by atoms with Gasteiger partial charge in [-0.25, -0.2) is 9.37 Å². The molecule has 2 N–H and O–H groups in total. The number of benzene rings is 1. The molecule has 156 valence electrons. The zero-order valence-corrected chi connectivity index (χ0v) is 17.6. The number of nitrogens with one attached hydrogen (secondary N) is 2. The van der Waals surface area contributed by atoms with Gasteiger partial charge in [-0.2, -0.15) is 0 Å². The third-order valence-corrected chi connectivity index (χ3v) is 5.31. The molecule has 2 aromatic rings. The van der Waals surface area contributed by atoms with E-state index in [1.165, 1.54) is 11.6 Å². The van der Waals surface area contributed by atoms with Crippen LogP contribution in [0.2, 0.25) is 0 Å². The third kappa shape index (κ3) is 6.15. The molecule has 0 atom stereocenters. The molecule has 1 fully saturated rings. The summed E-state index contributed by atoms with van der Waals surface area (Å²) in [6.07, 6.45) is 2.69. The summed E-state index contributed by atoms with van der Waals surface area (Å²) in [5.74, 6) is 1.60. The Bertz CT molecular complexity index is 830. The van der Waals surface area contributed by atoms with Gasteiger partial charge in [-0.3, -0.25) is 4.99 Å². The molecule has 6 nitrogen and oxygen atoms in total. The van der Waals surface area contributed by atoms with Gasteiger partial charge in [-0.1, -0.05) is 6.07 Å². The maximum absolute atomic E-state index is 13.2. The molecule has 2 heterocycles. The zero-order valence-electron chi connectivity index (χ0n) is 17.6. The largest absolute Gasteiger partial charge is 0.356 e. The molecule has 1 aliphatic rings. The first kappa shape index (κ1) is 21.0. The number of pyridine rings is 1. The average molecular weight is 399 g/mol. The van der Waals surface area contributed by atoms with Gasteiger partial charge in [0.25, 0.3) is 0 Å². The Morgan fingerprint density at radius 3 is 2.66 bits per heavy atom. The van der Waals surface area contributed by atoms with Crippen molar-refractivity contribution in [2.24, 2.45) is 4.99 Å². The van der Waals surface area contributed by atoms with Crippen LogP contribution in [0, 0.1) is 12.7 Å². The van der Waals surface area contributed by atoms with Crippen molar-refractivity contribution in [2.75, 3.05) is 51.7 Å². The van der Waals surface area contributed by atoms with E-state index in [-0.39, 0.29) is 5.82 Å². The van der Waals surface area contributed by atoms with Crippen LogP contribution in [-0.2, 0) is 13.0 Å². The summed E-state index contributed by atoms with van der Waals surface area (Å²) in [5, 5.41) is 6.68. The van der Waals surface area contributed by atoms with Gasteiger partial charge in [-0.05, 0) is 61.3 Å². The lowest BCUT2D eigenvalue weighted by atomic mass is 10.1. The van der Waals surface area contributed by atoms with E-state index >= 15 is 0 Å². The smallest absolute Gasteiger partial charge is 0.191 e. The predicted molar refractivity (Wildman–Crippen MR) is 117 cm³/mol. The zero-order chi connectivity index (χ0) is 20.6. The van der Waals surface area contributed by atoms with Crippen molar-refractivity contribution in [3.8, 4) is 0 Å². The first-order chi connectivity index (χ1) is 14.0. The molecule has 1 aliphatic heterocycles. The second-order valence-electron chi connectivity index (χ2n) is 7.49. The molecule has 0 amide bonds. The topological polar surface area (TPSA) is 55.8 Å². The molecule has 0 aliphatic carbocycles. The molecule has 0 radical (unpaired) electrons. The number of halogens is 1. The monoisotopic (exact) mass is 398 g/mol. The summed E-state index contributed by atoms with van der Waals surface area (Å²) >= 11 is 0. The SMILES string of the molecule is CN=C(NCCc1ccc(F)cc1C)NCc1ccnc(N2CCN(C)CC2)c1. The van der Waals surface area contributed by atoms with Crippen LogP contribution in [0.5, 0.6) is 0 Å². The molecule has 1 aromatic heterocycles. The Morgan fingerprint density at radius 1 is 1.14 bits per heavy atom. The predicted octanol–water partition coefficient (Wildman–Crippen LogP) is 2.19. The maximum Gasteiger partial charge on any atom is 0.191 e. The minimum Gasteiger partial charge on any atom is -0.356 e. The van der Waals surface area contributed by atoms with Crippen molar-refractivity contribution < 1.29 is 4.39 Å². The van der Waals surface area contributed by atoms with E-state index in [0.717, 1.165) is 62.0 Å². The maximum atomic E-state index is 13.2. The van der Waals surface area contributed by atoms with Crippen LogP contribution in [0.4, 0.5) is 10.2 Å². The van der Waals surface area contributed by atoms with E-state index in [2.05, 4.69) is 43.5 Å². The highest BCUT2D eigenvalue weighted by atomic mass is 19.1. The van der Waals surface area contributed by atoms with Gasteiger partial charge in [0.2, 0.25) is 0 Å². The van der Waals surface area contributed by atoms with E-state index in [9.17, 15) is 4.39 Å². The highest BCUT2D eigenvalue weighted by Crippen LogP contribution is 2.15.